The number of hydrogen-bond acceptors (Lipinski definition) is 4. The van der Waals surface area contributed by atoms with E-state index < -0.39 is 5.60 Å². The van der Waals surface area contributed by atoms with Gasteiger partial charge in [0.2, 0.25) is 0 Å². The molecule has 1 aliphatic rings. The lowest BCUT2D eigenvalue weighted by Crippen LogP contribution is -2.48. The molecule has 0 amide bonds. The molecule has 88 valence electrons. The Morgan fingerprint density at radius 1 is 1.44 bits per heavy atom. The van der Waals surface area contributed by atoms with Gasteiger partial charge in [-0.1, -0.05) is 6.07 Å². The fraction of sp³-hybridized carbons (Fsp3) is 0.583. The molecule has 1 aliphatic heterocycles. The molecule has 0 spiro atoms. The average Bonchev–Trinajstić information content (AvgIpc) is 2.31. The molecule has 0 aliphatic carbocycles. The van der Waals surface area contributed by atoms with Gasteiger partial charge in [0.15, 0.2) is 0 Å². The standard InChI is InChI=1S/C12H19N3O/c16-12(3-6-13-7-4-12)10-15-9-11-2-1-5-14-8-11/h1-2,5,8,13,15-16H,3-4,6-7,9-10H2. The Morgan fingerprint density at radius 2 is 2.25 bits per heavy atom. The van der Waals surface area contributed by atoms with E-state index in [0.717, 1.165) is 38.0 Å². The van der Waals surface area contributed by atoms with Crippen LogP contribution in [0.3, 0.4) is 0 Å². The topological polar surface area (TPSA) is 57.2 Å². The molecule has 0 atom stereocenters. The molecule has 0 saturated carbocycles. The van der Waals surface area contributed by atoms with E-state index in [-0.39, 0.29) is 0 Å². The summed E-state index contributed by atoms with van der Waals surface area (Å²) in [5, 5.41) is 16.8. The van der Waals surface area contributed by atoms with E-state index in [4.69, 9.17) is 0 Å². The third-order valence-electron chi connectivity index (χ3n) is 3.04. The monoisotopic (exact) mass is 221 g/mol. The maximum absolute atomic E-state index is 10.2. The Morgan fingerprint density at radius 3 is 2.94 bits per heavy atom. The van der Waals surface area contributed by atoms with Crippen molar-refractivity contribution in [2.45, 2.75) is 25.0 Å². The fourth-order valence-electron chi connectivity index (χ4n) is 2.01. The molecular formula is C12H19N3O. The molecule has 3 N–H and O–H groups in total. The number of rotatable bonds is 4. The highest BCUT2D eigenvalue weighted by atomic mass is 16.3. The first-order valence-corrected chi connectivity index (χ1v) is 5.81. The van der Waals surface area contributed by atoms with Crippen LogP contribution in [-0.2, 0) is 6.54 Å². The summed E-state index contributed by atoms with van der Waals surface area (Å²) in [7, 11) is 0. The number of pyridine rings is 1. The lowest BCUT2D eigenvalue weighted by molar-refractivity contribution is 0.0109. The highest BCUT2D eigenvalue weighted by molar-refractivity contribution is 5.08. The number of aromatic nitrogens is 1. The fourth-order valence-corrected chi connectivity index (χ4v) is 2.01. The minimum atomic E-state index is -0.534. The van der Waals surface area contributed by atoms with Crippen LogP contribution in [0.5, 0.6) is 0 Å². The number of aliphatic hydroxyl groups is 1. The van der Waals surface area contributed by atoms with E-state index in [9.17, 15) is 5.11 Å². The molecule has 0 radical (unpaired) electrons. The maximum Gasteiger partial charge on any atom is 0.0795 e. The van der Waals surface area contributed by atoms with E-state index >= 15 is 0 Å². The zero-order chi connectivity index (χ0) is 11.3. The van der Waals surface area contributed by atoms with Gasteiger partial charge in [-0.25, -0.2) is 0 Å². The first kappa shape index (κ1) is 11.5. The van der Waals surface area contributed by atoms with Crippen LogP contribution in [-0.4, -0.2) is 35.3 Å². The van der Waals surface area contributed by atoms with Gasteiger partial charge in [0, 0.05) is 25.5 Å². The van der Waals surface area contributed by atoms with Gasteiger partial charge < -0.3 is 15.7 Å². The molecule has 16 heavy (non-hydrogen) atoms. The number of piperidine rings is 1. The molecule has 0 bridgehead atoms. The minimum Gasteiger partial charge on any atom is -0.388 e. The zero-order valence-electron chi connectivity index (χ0n) is 9.45. The van der Waals surface area contributed by atoms with E-state index in [1.165, 1.54) is 0 Å². The van der Waals surface area contributed by atoms with Crippen molar-refractivity contribution in [2.75, 3.05) is 19.6 Å². The molecule has 1 aromatic heterocycles. The zero-order valence-corrected chi connectivity index (χ0v) is 9.45. The predicted molar refractivity (Wildman–Crippen MR) is 63.0 cm³/mol. The smallest absolute Gasteiger partial charge is 0.0795 e. The summed E-state index contributed by atoms with van der Waals surface area (Å²) in [6.45, 7) is 3.24. The molecule has 4 nitrogen and oxygen atoms in total. The summed E-state index contributed by atoms with van der Waals surface area (Å²) in [5.41, 5.74) is 0.619. The molecule has 0 aromatic carbocycles. The summed E-state index contributed by atoms with van der Waals surface area (Å²) in [4.78, 5) is 4.05. The van der Waals surface area contributed by atoms with Crippen LogP contribution in [0, 0.1) is 0 Å². The van der Waals surface area contributed by atoms with Crippen LogP contribution in [0.2, 0.25) is 0 Å². The lowest BCUT2D eigenvalue weighted by Gasteiger charge is -2.32. The Hall–Kier alpha value is -0.970. The quantitative estimate of drug-likeness (QED) is 0.684. The van der Waals surface area contributed by atoms with Gasteiger partial charge in [-0.05, 0) is 37.6 Å². The third kappa shape index (κ3) is 3.27. The van der Waals surface area contributed by atoms with Crippen molar-refractivity contribution in [3.8, 4) is 0 Å². The van der Waals surface area contributed by atoms with Gasteiger partial charge in [-0.2, -0.15) is 0 Å². The average molecular weight is 221 g/mol. The molecule has 1 aromatic rings. The second kappa shape index (κ2) is 5.39. The molecular weight excluding hydrogens is 202 g/mol. The van der Waals surface area contributed by atoms with Gasteiger partial charge in [0.1, 0.15) is 0 Å². The van der Waals surface area contributed by atoms with Crippen molar-refractivity contribution in [3.63, 3.8) is 0 Å². The highest BCUT2D eigenvalue weighted by Crippen LogP contribution is 2.16. The van der Waals surface area contributed by atoms with Crippen molar-refractivity contribution < 1.29 is 5.11 Å². The Balaban J connectivity index is 1.75. The summed E-state index contributed by atoms with van der Waals surface area (Å²) in [6.07, 6.45) is 5.27. The van der Waals surface area contributed by atoms with Crippen molar-refractivity contribution >= 4 is 0 Å². The van der Waals surface area contributed by atoms with E-state index in [2.05, 4.69) is 15.6 Å². The Labute approximate surface area is 96.1 Å². The summed E-state index contributed by atoms with van der Waals surface area (Å²) in [6, 6.07) is 3.96. The van der Waals surface area contributed by atoms with Gasteiger partial charge >= 0.3 is 0 Å². The van der Waals surface area contributed by atoms with Crippen LogP contribution in [0.4, 0.5) is 0 Å². The summed E-state index contributed by atoms with van der Waals surface area (Å²) < 4.78 is 0. The number of nitrogens with one attached hydrogen (secondary N) is 2. The second-order valence-electron chi connectivity index (χ2n) is 4.44. The predicted octanol–water partition coefficient (Wildman–Crippen LogP) is 0.286. The molecule has 2 heterocycles. The van der Waals surface area contributed by atoms with Crippen LogP contribution in [0.1, 0.15) is 18.4 Å². The lowest BCUT2D eigenvalue weighted by atomic mass is 9.92. The van der Waals surface area contributed by atoms with Crippen LogP contribution >= 0.6 is 0 Å². The van der Waals surface area contributed by atoms with Crippen molar-refractivity contribution in [1.29, 1.82) is 0 Å². The first-order chi connectivity index (χ1) is 7.79. The van der Waals surface area contributed by atoms with E-state index in [0.29, 0.717) is 6.54 Å². The van der Waals surface area contributed by atoms with Crippen molar-refractivity contribution in [3.05, 3.63) is 30.1 Å². The molecule has 1 saturated heterocycles. The largest absolute Gasteiger partial charge is 0.388 e. The van der Waals surface area contributed by atoms with E-state index in [1.54, 1.807) is 6.20 Å². The molecule has 0 unspecified atom stereocenters. The van der Waals surface area contributed by atoms with Crippen LogP contribution in [0.25, 0.3) is 0 Å². The highest BCUT2D eigenvalue weighted by Gasteiger charge is 2.28. The number of hydrogen-bond donors (Lipinski definition) is 3. The van der Waals surface area contributed by atoms with Crippen LogP contribution < -0.4 is 10.6 Å². The Bertz CT molecular complexity index is 309. The third-order valence-corrected chi connectivity index (χ3v) is 3.04. The molecule has 4 heteroatoms. The maximum atomic E-state index is 10.2. The van der Waals surface area contributed by atoms with Crippen LogP contribution in [0.15, 0.2) is 24.5 Å². The Kier molecular flexibility index (Phi) is 3.88. The van der Waals surface area contributed by atoms with Gasteiger partial charge in [0.05, 0.1) is 5.60 Å². The first-order valence-electron chi connectivity index (χ1n) is 5.81. The van der Waals surface area contributed by atoms with Crippen molar-refractivity contribution in [1.82, 2.24) is 15.6 Å². The van der Waals surface area contributed by atoms with Gasteiger partial charge in [0.25, 0.3) is 0 Å². The summed E-state index contributed by atoms with van der Waals surface area (Å²) >= 11 is 0. The SMILES string of the molecule is OC1(CNCc2cccnc2)CCNCC1. The van der Waals surface area contributed by atoms with Gasteiger partial charge in [-0.15, -0.1) is 0 Å². The van der Waals surface area contributed by atoms with E-state index in [1.807, 2.05) is 18.3 Å². The molecule has 2 rings (SSSR count). The second-order valence-corrected chi connectivity index (χ2v) is 4.44. The number of nitrogens with zero attached hydrogens (tertiary/aromatic N) is 1. The molecule has 1 fully saturated rings. The minimum absolute atomic E-state index is 0.534. The normalized spacial score (nSPS) is 19.6. The van der Waals surface area contributed by atoms with Gasteiger partial charge in [-0.3, -0.25) is 4.98 Å². The van der Waals surface area contributed by atoms with Crippen molar-refractivity contribution in [2.24, 2.45) is 0 Å². The summed E-state index contributed by atoms with van der Waals surface area (Å²) in [5.74, 6) is 0.